The fourth-order valence-corrected chi connectivity index (χ4v) is 5.81. The summed E-state index contributed by atoms with van der Waals surface area (Å²) in [7, 11) is 2.80. The van der Waals surface area contributed by atoms with Crippen LogP contribution in [0.4, 0.5) is 0 Å². The van der Waals surface area contributed by atoms with Crippen molar-refractivity contribution in [1.82, 2.24) is 4.98 Å². The van der Waals surface area contributed by atoms with Crippen molar-refractivity contribution < 1.29 is 19.1 Å². The maximum absolute atomic E-state index is 12.1. The van der Waals surface area contributed by atoms with Gasteiger partial charge in [-0.15, -0.1) is 11.8 Å². The first-order valence-electron chi connectivity index (χ1n) is 13.1. The molecule has 5 nitrogen and oxygen atoms in total. The van der Waals surface area contributed by atoms with Gasteiger partial charge in [-0.1, -0.05) is 67.1 Å². The van der Waals surface area contributed by atoms with E-state index in [1.807, 2.05) is 54.6 Å². The summed E-state index contributed by atoms with van der Waals surface area (Å²) in [5, 5.41) is 1.82. The molecule has 1 aromatic heterocycles. The van der Waals surface area contributed by atoms with Gasteiger partial charge < -0.3 is 9.47 Å². The molecular weight excluding hydrogens is 542 g/mol. The lowest BCUT2D eigenvalue weighted by molar-refractivity contribution is -0.141. The molecule has 2 atom stereocenters. The number of benzene rings is 3. The molecule has 3 aromatic carbocycles. The number of aromatic nitrogens is 1. The van der Waals surface area contributed by atoms with Gasteiger partial charge in [0.05, 0.1) is 31.0 Å². The molecule has 7 heteroatoms. The molecule has 0 bridgehead atoms. The van der Waals surface area contributed by atoms with Crippen LogP contribution in [0.25, 0.3) is 23.1 Å². The third-order valence-electron chi connectivity index (χ3n) is 6.60. The lowest BCUT2D eigenvalue weighted by atomic mass is 9.97. The van der Waals surface area contributed by atoms with Gasteiger partial charge in [0.2, 0.25) is 0 Å². The molecule has 0 aliphatic carbocycles. The summed E-state index contributed by atoms with van der Waals surface area (Å²) in [5.74, 6) is -0.367. The highest BCUT2D eigenvalue weighted by Crippen LogP contribution is 2.40. The van der Waals surface area contributed by atoms with Crippen molar-refractivity contribution in [1.29, 1.82) is 0 Å². The maximum Gasteiger partial charge on any atom is 0.337 e. The van der Waals surface area contributed by atoms with Gasteiger partial charge in [0.15, 0.2) is 0 Å². The lowest BCUT2D eigenvalue weighted by Gasteiger charge is -2.20. The predicted octanol–water partition coefficient (Wildman–Crippen LogP) is 8.66. The monoisotopic (exact) mass is 573 g/mol. The SMILES string of the molecule is COC(=O)CC(C)CCC(Sc1cccc(C(=O)OC)c1)c1cccc(C=Cc2ccc3ccc(Cl)cc3n2)c1. The predicted molar refractivity (Wildman–Crippen MR) is 164 cm³/mol. The average Bonchev–Trinajstić information content (AvgIpc) is 2.97. The Balaban J connectivity index is 1.57. The van der Waals surface area contributed by atoms with Crippen molar-refractivity contribution in [2.75, 3.05) is 14.2 Å². The Morgan fingerprint density at radius 3 is 2.52 bits per heavy atom. The summed E-state index contributed by atoms with van der Waals surface area (Å²) in [5.41, 5.74) is 4.45. The summed E-state index contributed by atoms with van der Waals surface area (Å²) in [6.45, 7) is 2.07. The first kappa shape index (κ1) is 29.4. The van der Waals surface area contributed by atoms with Gasteiger partial charge in [-0.2, -0.15) is 0 Å². The van der Waals surface area contributed by atoms with E-state index >= 15 is 0 Å². The van der Waals surface area contributed by atoms with Crippen molar-refractivity contribution in [2.45, 2.75) is 36.3 Å². The number of hydrogen-bond donors (Lipinski definition) is 0. The minimum absolute atomic E-state index is 0.113. The molecule has 40 heavy (non-hydrogen) atoms. The number of hydrogen-bond acceptors (Lipinski definition) is 6. The quantitative estimate of drug-likeness (QED) is 0.132. The molecule has 0 radical (unpaired) electrons. The summed E-state index contributed by atoms with van der Waals surface area (Å²) in [6.07, 6.45) is 6.15. The van der Waals surface area contributed by atoms with Crippen LogP contribution in [0.1, 0.15) is 58.6 Å². The van der Waals surface area contributed by atoms with Crippen molar-refractivity contribution in [2.24, 2.45) is 5.92 Å². The highest BCUT2D eigenvalue weighted by molar-refractivity contribution is 7.99. The fraction of sp³-hybridized carbons (Fsp3) is 0.242. The van der Waals surface area contributed by atoms with Crippen molar-refractivity contribution >= 4 is 58.4 Å². The Labute approximate surface area is 244 Å². The number of carbonyl (C=O) groups is 2. The summed E-state index contributed by atoms with van der Waals surface area (Å²) < 4.78 is 9.76. The van der Waals surface area contributed by atoms with E-state index in [4.69, 9.17) is 26.1 Å². The molecule has 0 amide bonds. The van der Waals surface area contributed by atoms with Crippen molar-refractivity contribution in [3.63, 3.8) is 0 Å². The van der Waals surface area contributed by atoms with Crippen LogP contribution in [0.2, 0.25) is 5.02 Å². The minimum Gasteiger partial charge on any atom is -0.469 e. The van der Waals surface area contributed by atoms with E-state index in [9.17, 15) is 9.59 Å². The standard InChI is InChI=1S/C33H32ClNO4S/c1-22(18-32(36)38-2)10-17-31(40-29-9-5-8-26(20-29)33(37)39-3)25-7-4-6-23(19-25)11-15-28-16-13-24-12-14-27(34)21-30(24)35-28/h4-9,11-16,19-22,31H,10,17-18H2,1-3H3. The number of fused-ring (bicyclic) bond motifs is 1. The fourth-order valence-electron chi connectivity index (χ4n) is 4.42. The van der Waals surface area contributed by atoms with Gasteiger partial charge >= 0.3 is 11.9 Å². The van der Waals surface area contributed by atoms with Crippen LogP contribution < -0.4 is 0 Å². The van der Waals surface area contributed by atoms with Crippen LogP contribution >= 0.6 is 23.4 Å². The molecule has 4 aromatic rings. The zero-order valence-electron chi connectivity index (χ0n) is 22.8. The second kappa shape index (κ2) is 14.1. The van der Waals surface area contributed by atoms with Gasteiger partial charge in [-0.05, 0) is 72.4 Å². The number of carbonyl (C=O) groups excluding carboxylic acids is 2. The maximum atomic E-state index is 12.1. The molecule has 0 saturated heterocycles. The lowest BCUT2D eigenvalue weighted by Crippen LogP contribution is -2.08. The number of nitrogens with zero attached hydrogens (tertiary/aromatic N) is 1. The highest BCUT2D eigenvalue weighted by atomic mass is 35.5. The molecular formula is C33H32ClNO4S. The summed E-state index contributed by atoms with van der Waals surface area (Å²) >= 11 is 7.86. The molecule has 0 fully saturated rings. The third-order valence-corrected chi connectivity index (χ3v) is 8.16. The van der Waals surface area contributed by atoms with Gasteiger partial charge in [0, 0.05) is 27.0 Å². The Kier molecular flexibility index (Phi) is 10.4. The van der Waals surface area contributed by atoms with Crippen LogP contribution in [-0.2, 0) is 14.3 Å². The van der Waals surface area contributed by atoms with E-state index < -0.39 is 0 Å². The average molecular weight is 574 g/mol. The molecule has 0 N–H and O–H groups in total. The van der Waals surface area contributed by atoms with Crippen molar-refractivity contribution in [3.05, 3.63) is 106 Å². The van der Waals surface area contributed by atoms with Crippen LogP contribution in [0.3, 0.4) is 0 Å². The van der Waals surface area contributed by atoms with Crippen LogP contribution in [0.15, 0.2) is 83.8 Å². The topological polar surface area (TPSA) is 65.5 Å². The molecule has 0 aliphatic rings. The smallest absolute Gasteiger partial charge is 0.337 e. The Bertz CT molecular complexity index is 1520. The second-order valence-corrected chi connectivity index (χ2v) is 11.4. The first-order valence-corrected chi connectivity index (χ1v) is 14.4. The highest BCUT2D eigenvalue weighted by Gasteiger charge is 2.18. The number of pyridine rings is 1. The summed E-state index contributed by atoms with van der Waals surface area (Å²) in [4.78, 5) is 29.6. The van der Waals surface area contributed by atoms with E-state index in [-0.39, 0.29) is 23.1 Å². The zero-order valence-corrected chi connectivity index (χ0v) is 24.4. The molecule has 0 saturated carbocycles. The largest absolute Gasteiger partial charge is 0.469 e. The normalized spacial score (nSPS) is 12.8. The zero-order chi connectivity index (χ0) is 28.5. The Hall–Kier alpha value is -3.61. The number of rotatable bonds is 11. The number of ether oxygens (including phenoxy) is 2. The van der Waals surface area contributed by atoms with Crippen LogP contribution in [0.5, 0.6) is 0 Å². The molecule has 206 valence electrons. The van der Waals surface area contributed by atoms with Crippen LogP contribution in [0, 0.1) is 5.92 Å². The van der Waals surface area contributed by atoms with E-state index in [0.29, 0.717) is 17.0 Å². The Morgan fingerprint density at radius 2 is 1.73 bits per heavy atom. The second-order valence-electron chi connectivity index (χ2n) is 9.67. The van der Waals surface area contributed by atoms with Gasteiger partial charge in [0.25, 0.3) is 0 Å². The van der Waals surface area contributed by atoms with Gasteiger partial charge in [-0.3, -0.25) is 4.79 Å². The summed E-state index contributed by atoms with van der Waals surface area (Å²) in [6, 6.07) is 25.6. The number of methoxy groups -OCH3 is 2. The molecule has 1 heterocycles. The molecule has 2 unspecified atom stereocenters. The number of halogens is 1. The van der Waals surface area contributed by atoms with Gasteiger partial charge in [0.1, 0.15) is 0 Å². The van der Waals surface area contributed by atoms with E-state index in [1.165, 1.54) is 19.8 Å². The van der Waals surface area contributed by atoms with E-state index in [2.05, 4.69) is 37.3 Å². The number of esters is 2. The minimum atomic E-state index is -0.359. The van der Waals surface area contributed by atoms with E-state index in [0.717, 1.165) is 39.9 Å². The molecule has 0 spiro atoms. The van der Waals surface area contributed by atoms with Crippen LogP contribution in [-0.4, -0.2) is 31.1 Å². The van der Waals surface area contributed by atoms with E-state index in [1.54, 1.807) is 17.8 Å². The first-order chi connectivity index (χ1) is 19.3. The third kappa shape index (κ3) is 8.20. The van der Waals surface area contributed by atoms with Crippen molar-refractivity contribution in [3.8, 4) is 0 Å². The molecule has 4 rings (SSSR count). The molecule has 0 aliphatic heterocycles. The Morgan fingerprint density at radius 1 is 0.925 bits per heavy atom. The van der Waals surface area contributed by atoms with Gasteiger partial charge in [-0.25, -0.2) is 9.78 Å². The number of thioether (sulfide) groups is 1.